The first kappa shape index (κ1) is 19.3. The normalized spacial score (nSPS) is 10.7. The predicted molar refractivity (Wildman–Crippen MR) is 108 cm³/mol. The Morgan fingerprint density at radius 2 is 1.81 bits per heavy atom. The fourth-order valence-corrected chi connectivity index (χ4v) is 3.33. The van der Waals surface area contributed by atoms with Gasteiger partial charge in [0.05, 0.1) is 30.7 Å². The third kappa shape index (κ3) is 4.10. The zero-order chi connectivity index (χ0) is 19.6. The Balaban J connectivity index is 1.86. The lowest BCUT2D eigenvalue weighted by atomic mass is 10.2. The molecule has 1 N–H and O–H groups in total. The number of ether oxygens (including phenoxy) is 1. The highest BCUT2D eigenvalue weighted by Gasteiger charge is 2.17. The van der Waals surface area contributed by atoms with Gasteiger partial charge in [-0.15, -0.1) is 0 Å². The van der Waals surface area contributed by atoms with E-state index >= 15 is 0 Å². The second-order valence-corrected chi connectivity index (χ2v) is 6.90. The van der Waals surface area contributed by atoms with E-state index in [1.54, 1.807) is 54.3 Å². The van der Waals surface area contributed by atoms with Crippen LogP contribution in [0.1, 0.15) is 27.3 Å². The number of methoxy groups -OCH3 is 1. The molecule has 27 heavy (non-hydrogen) atoms. The molecule has 0 aliphatic carbocycles. The van der Waals surface area contributed by atoms with Gasteiger partial charge in [-0.3, -0.25) is 9.48 Å². The smallest absolute Gasteiger partial charge is 0.255 e. The van der Waals surface area contributed by atoms with E-state index in [1.807, 2.05) is 13.8 Å². The van der Waals surface area contributed by atoms with Crippen LogP contribution in [0.5, 0.6) is 5.75 Å². The molecule has 3 rings (SSSR count). The molecular weight excluding hydrogens is 385 g/mol. The number of halogens is 2. The predicted octanol–water partition coefficient (Wildman–Crippen LogP) is 5.12. The summed E-state index contributed by atoms with van der Waals surface area (Å²) < 4.78 is 6.96. The molecular formula is C20H19Cl2N3O2. The van der Waals surface area contributed by atoms with Gasteiger partial charge in [-0.2, -0.15) is 5.10 Å². The maximum atomic E-state index is 12.6. The van der Waals surface area contributed by atoms with Gasteiger partial charge in [0.2, 0.25) is 0 Å². The lowest BCUT2D eigenvalue weighted by Crippen LogP contribution is -2.13. The molecule has 0 aliphatic heterocycles. The molecule has 0 atom stereocenters. The minimum Gasteiger partial charge on any atom is -0.497 e. The van der Waals surface area contributed by atoms with Gasteiger partial charge in [-0.25, -0.2) is 0 Å². The highest BCUT2D eigenvalue weighted by molar-refractivity contribution is 6.36. The van der Waals surface area contributed by atoms with Gasteiger partial charge in [0, 0.05) is 21.2 Å². The second kappa shape index (κ2) is 8.03. The summed E-state index contributed by atoms with van der Waals surface area (Å²) in [7, 11) is 1.56. The van der Waals surface area contributed by atoms with E-state index in [2.05, 4.69) is 10.4 Å². The summed E-state index contributed by atoms with van der Waals surface area (Å²) in [5.74, 6) is 0.399. The van der Waals surface area contributed by atoms with Crippen molar-refractivity contribution >= 4 is 34.8 Å². The quantitative estimate of drug-likeness (QED) is 0.643. The number of hydrogen-bond acceptors (Lipinski definition) is 3. The summed E-state index contributed by atoms with van der Waals surface area (Å²) in [6, 6.07) is 12.4. The molecule has 5 nitrogen and oxygen atoms in total. The van der Waals surface area contributed by atoms with Gasteiger partial charge in [-0.1, -0.05) is 35.3 Å². The van der Waals surface area contributed by atoms with Crippen molar-refractivity contribution in [2.45, 2.75) is 20.4 Å². The number of aromatic nitrogens is 2. The highest BCUT2D eigenvalue weighted by atomic mass is 35.5. The fraction of sp³-hybridized carbons (Fsp3) is 0.200. The molecule has 0 saturated heterocycles. The second-order valence-electron chi connectivity index (χ2n) is 6.09. The number of nitrogens with zero attached hydrogens (tertiary/aromatic N) is 2. The number of rotatable bonds is 5. The van der Waals surface area contributed by atoms with E-state index in [-0.39, 0.29) is 5.91 Å². The average Bonchev–Trinajstić information content (AvgIpc) is 2.92. The number of carbonyl (C=O) groups is 1. The van der Waals surface area contributed by atoms with Crippen LogP contribution in [0, 0.1) is 13.8 Å². The van der Waals surface area contributed by atoms with Crippen LogP contribution in [0.3, 0.4) is 0 Å². The number of anilines is 1. The summed E-state index contributed by atoms with van der Waals surface area (Å²) in [4.78, 5) is 12.6. The first-order valence-electron chi connectivity index (χ1n) is 8.33. The van der Waals surface area contributed by atoms with Crippen molar-refractivity contribution in [2.75, 3.05) is 12.4 Å². The Bertz CT molecular complexity index is 979. The molecule has 0 radical (unpaired) electrons. The maximum absolute atomic E-state index is 12.6. The molecule has 1 aromatic heterocycles. The van der Waals surface area contributed by atoms with Gasteiger partial charge in [0.1, 0.15) is 5.75 Å². The van der Waals surface area contributed by atoms with Gasteiger partial charge < -0.3 is 10.1 Å². The highest BCUT2D eigenvalue weighted by Crippen LogP contribution is 2.28. The summed E-state index contributed by atoms with van der Waals surface area (Å²) >= 11 is 12.5. The Morgan fingerprint density at radius 3 is 2.48 bits per heavy atom. The van der Waals surface area contributed by atoms with Gasteiger partial charge in [-0.05, 0) is 44.2 Å². The molecule has 1 heterocycles. The molecule has 0 fully saturated rings. The molecule has 0 bridgehead atoms. The van der Waals surface area contributed by atoms with Crippen molar-refractivity contribution in [3.05, 3.63) is 75.0 Å². The van der Waals surface area contributed by atoms with Crippen LogP contribution in [0.25, 0.3) is 0 Å². The Labute approximate surface area is 167 Å². The van der Waals surface area contributed by atoms with Crippen molar-refractivity contribution in [3.8, 4) is 5.75 Å². The third-order valence-electron chi connectivity index (χ3n) is 4.32. The van der Waals surface area contributed by atoms with E-state index in [0.29, 0.717) is 39.3 Å². The fourth-order valence-electron chi connectivity index (χ4n) is 2.81. The Kier molecular flexibility index (Phi) is 5.73. The molecule has 140 valence electrons. The number of aryl methyl sites for hydroxylation is 1. The molecule has 0 saturated carbocycles. The van der Waals surface area contributed by atoms with Crippen molar-refractivity contribution in [1.82, 2.24) is 9.78 Å². The minimum absolute atomic E-state index is 0.226. The van der Waals surface area contributed by atoms with E-state index in [4.69, 9.17) is 27.9 Å². The van der Waals surface area contributed by atoms with E-state index in [0.717, 1.165) is 11.3 Å². The molecule has 0 unspecified atom stereocenters. The Hall–Kier alpha value is -2.50. The van der Waals surface area contributed by atoms with Gasteiger partial charge in [0.25, 0.3) is 5.91 Å². The minimum atomic E-state index is -0.226. The molecule has 0 aliphatic rings. The van der Waals surface area contributed by atoms with Crippen LogP contribution in [0.2, 0.25) is 10.0 Å². The topological polar surface area (TPSA) is 56.1 Å². The van der Waals surface area contributed by atoms with Crippen LogP contribution in [-0.2, 0) is 6.54 Å². The SMILES string of the molecule is COc1cccc(C(=O)Nc2c(C)nn(Cc3c(Cl)cccc3Cl)c2C)c1. The number of carbonyl (C=O) groups excluding carboxylic acids is 1. The summed E-state index contributed by atoms with van der Waals surface area (Å²) in [5, 5.41) is 8.63. The number of benzene rings is 2. The molecule has 3 aromatic rings. The molecule has 0 spiro atoms. The van der Waals surface area contributed by atoms with Crippen LogP contribution >= 0.6 is 23.2 Å². The summed E-state index contributed by atoms with van der Waals surface area (Å²) in [5.41, 5.74) is 3.50. The van der Waals surface area contributed by atoms with E-state index < -0.39 is 0 Å². The van der Waals surface area contributed by atoms with Crippen LogP contribution < -0.4 is 10.1 Å². The van der Waals surface area contributed by atoms with Crippen LogP contribution in [0.15, 0.2) is 42.5 Å². The van der Waals surface area contributed by atoms with Crippen LogP contribution in [-0.4, -0.2) is 22.8 Å². The van der Waals surface area contributed by atoms with Gasteiger partial charge in [0.15, 0.2) is 0 Å². The average molecular weight is 404 g/mol. The molecule has 1 amide bonds. The standard InChI is InChI=1S/C20H19Cl2N3O2/c1-12-19(23-20(26)14-6-4-7-15(10-14)27-3)13(2)25(24-12)11-16-17(21)8-5-9-18(16)22/h4-10H,11H2,1-3H3,(H,23,26). The van der Waals surface area contributed by atoms with Crippen molar-refractivity contribution in [1.29, 1.82) is 0 Å². The summed E-state index contributed by atoms with van der Waals surface area (Å²) in [6.07, 6.45) is 0. The van der Waals surface area contributed by atoms with E-state index in [9.17, 15) is 4.79 Å². The van der Waals surface area contributed by atoms with E-state index in [1.165, 1.54) is 0 Å². The number of amides is 1. The lowest BCUT2D eigenvalue weighted by molar-refractivity contribution is 0.102. The molecule has 2 aromatic carbocycles. The number of nitrogens with one attached hydrogen (secondary N) is 1. The first-order chi connectivity index (χ1) is 12.9. The maximum Gasteiger partial charge on any atom is 0.255 e. The first-order valence-corrected chi connectivity index (χ1v) is 9.08. The van der Waals surface area contributed by atoms with Crippen molar-refractivity contribution < 1.29 is 9.53 Å². The Morgan fingerprint density at radius 1 is 1.15 bits per heavy atom. The van der Waals surface area contributed by atoms with Crippen molar-refractivity contribution in [3.63, 3.8) is 0 Å². The lowest BCUT2D eigenvalue weighted by Gasteiger charge is -2.10. The number of hydrogen-bond donors (Lipinski definition) is 1. The van der Waals surface area contributed by atoms with Crippen LogP contribution in [0.4, 0.5) is 5.69 Å². The summed E-state index contributed by atoms with van der Waals surface area (Å²) in [6.45, 7) is 4.16. The van der Waals surface area contributed by atoms with Crippen molar-refractivity contribution in [2.24, 2.45) is 0 Å². The monoisotopic (exact) mass is 403 g/mol. The largest absolute Gasteiger partial charge is 0.497 e. The zero-order valence-electron chi connectivity index (χ0n) is 15.2. The molecule has 7 heteroatoms. The van der Waals surface area contributed by atoms with Gasteiger partial charge >= 0.3 is 0 Å². The zero-order valence-corrected chi connectivity index (χ0v) is 16.7. The third-order valence-corrected chi connectivity index (χ3v) is 5.03.